The zero-order valence-electron chi connectivity index (χ0n) is 32.2. The van der Waals surface area contributed by atoms with Gasteiger partial charge in [-0.25, -0.2) is 0 Å². The second-order valence-electron chi connectivity index (χ2n) is 15.0. The Hall–Kier alpha value is -0.760. The van der Waals surface area contributed by atoms with Crippen molar-refractivity contribution in [3.05, 3.63) is 12.2 Å². The lowest BCUT2D eigenvalue weighted by atomic mass is 10.0. The number of aliphatic hydroxyl groups excluding tert-OH is 1. The summed E-state index contributed by atoms with van der Waals surface area (Å²) >= 11 is 0. The van der Waals surface area contributed by atoms with Crippen LogP contribution in [0.15, 0.2) is 12.2 Å². The quantitative estimate of drug-likeness (QED) is 0.0291. The number of unbranched alkanes of at least 4 members (excludes halogenated alkanes) is 23. The number of carbonyl (C=O) groups is 1. The van der Waals surface area contributed by atoms with E-state index in [1.54, 1.807) is 6.08 Å². The van der Waals surface area contributed by atoms with Gasteiger partial charge in [-0.2, -0.15) is 0 Å². The van der Waals surface area contributed by atoms with Crippen LogP contribution >= 0.6 is 7.82 Å². The van der Waals surface area contributed by atoms with Crippen molar-refractivity contribution in [2.45, 2.75) is 193 Å². The number of quaternary nitrogens is 1. The average Bonchev–Trinajstić information content (AvgIpc) is 3.02. The van der Waals surface area contributed by atoms with Gasteiger partial charge in [-0.15, -0.1) is 0 Å². The number of nitrogens with zero attached hydrogens (tertiary/aromatic N) is 1. The van der Waals surface area contributed by atoms with Crippen LogP contribution in [-0.2, 0) is 18.4 Å². The topological polar surface area (TPSA) is 108 Å². The van der Waals surface area contributed by atoms with Gasteiger partial charge in [0.25, 0.3) is 7.82 Å². The number of hydrogen-bond acceptors (Lipinski definition) is 6. The third-order valence-corrected chi connectivity index (χ3v) is 9.96. The van der Waals surface area contributed by atoms with Gasteiger partial charge in [0, 0.05) is 6.42 Å². The van der Waals surface area contributed by atoms with E-state index in [1.165, 1.54) is 122 Å². The van der Waals surface area contributed by atoms with Gasteiger partial charge >= 0.3 is 0 Å². The summed E-state index contributed by atoms with van der Waals surface area (Å²) in [6.45, 7) is 4.62. The summed E-state index contributed by atoms with van der Waals surface area (Å²) in [4.78, 5) is 25.1. The van der Waals surface area contributed by atoms with Gasteiger partial charge in [-0.1, -0.05) is 167 Å². The summed E-state index contributed by atoms with van der Waals surface area (Å²) < 4.78 is 23.1. The molecule has 0 heterocycles. The Balaban J connectivity index is 4.47. The van der Waals surface area contributed by atoms with Crippen LogP contribution < -0.4 is 10.2 Å². The molecule has 9 heteroatoms. The number of allylic oxidation sites excluding steroid dienone is 1. The lowest BCUT2D eigenvalue weighted by molar-refractivity contribution is -0.870. The van der Waals surface area contributed by atoms with Crippen molar-refractivity contribution in [1.29, 1.82) is 0 Å². The van der Waals surface area contributed by atoms with E-state index in [4.69, 9.17) is 9.05 Å². The van der Waals surface area contributed by atoms with Gasteiger partial charge in [0.2, 0.25) is 5.91 Å². The van der Waals surface area contributed by atoms with Crippen molar-refractivity contribution in [3.63, 3.8) is 0 Å². The van der Waals surface area contributed by atoms with Crippen LogP contribution in [0.3, 0.4) is 0 Å². The number of amides is 1. The van der Waals surface area contributed by atoms with E-state index in [2.05, 4.69) is 19.2 Å². The predicted molar refractivity (Wildman–Crippen MR) is 201 cm³/mol. The third-order valence-electron chi connectivity index (χ3n) is 9.00. The molecule has 0 spiro atoms. The Morgan fingerprint density at radius 2 is 1.12 bits per heavy atom. The molecule has 0 saturated heterocycles. The van der Waals surface area contributed by atoms with Crippen LogP contribution in [0.25, 0.3) is 0 Å². The first kappa shape index (κ1) is 47.2. The highest BCUT2D eigenvalue weighted by molar-refractivity contribution is 7.45. The molecule has 0 aliphatic carbocycles. The minimum absolute atomic E-state index is 0.00168. The van der Waals surface area contributed by atoms with Crippen molar-refractivity contribution in [2.75, 3.05) is 40.9 Å². The first-order valence-corrected chi connectivity index (χ1v) is 21.5. The first-order chi connectivity index (χ1) is 23.0. The summed E-state index contributed by atoms with van der Waals surface area (Å²) in [5, 5.41) is 13.7. The minimum atomic E-state index is -4.57. The van der Waals surface area contributed by atoms with Crippen molar-refractivity contribution in [3.8, 4) is 0 Å². The van der Waals surface area contributed by atoms with Gasteiger partial charge in [-0.3, -0.25) is 9.36 Å². The maximum atomic E-state index is 12.7. The SMILES string of the molecule is CCCCCCCCCCCCCCCC/C=C/[C@H](O)[C@@H](COP(=O)([O-])OCC[N+](C)(C)C)NC(=O)CCCCCCCCCCCC. The molecule has 3 atom stereocenters. The normalized spacial score (nSPS) is 14.7. The number of hydrogen-bond donors (Lipinski definition) is 2. The predicted octanol–water partition coefficient (Wildman–Crippen LogP) is 9.78. The average molecular weight is 703 g/mol. The van der Waals surface area contributed by atoms with E-state index >= 15 is 0 Å². The fourth-order valence-electron chi connectivity index (χ4n) is 5.74. The Labute approximate surface area is 297 Å². The van der Waals surface area contributed by atoms with Crippen LogP contribution in [0.1, 0.15) is 181 Å². The molecular weight excluding hydrogens is 623 g/mol. The zero-order valence-corrected chi connectivity index (χ0v) is 33.1. The molecule has 0 bridgehead atoms. The molecule has 0 radical (unpaired) electrons. The number of rotatable bonds is 36. The molecule has 8 nitrogen and oxygen atoms in total. The van der Waals surface area contributed by atoms with E-state index in [0.29, 0.717) is 17.4 Å². The number of likely N-dealkylation sites (N-methyl/N-ethyl adjacent to an activating group) is 1. The zero-order chi connectivity index (χ0) is 35.8. The largest absolute Gasteiger partial charge is 0.756 e. The molecule has 0 aromatic heterocycles. The smallest absolute Gasteiger partial charge is 0.268 e. The van der Waals surface area contributed by atoms with Crippen molar-refractivity contribution in [1.82, 2.24) is 5.32 Å². The number of aliphatic hydroxyl groups is 1. The maximum Gasteiger partial charge on any atom is 0.268 e. The van der Waals surface area contributed by atoms with Crippen LogP contribution in [0.4, 0.5) is 0 Å². The van der Waals surface area contributed by atoms with E-state index in [0.717, 1.165) is 38.5 Å². The van der Waals surface area contributed by atoms with Gasteiger partial charge < -0.3 is 28.8 Å². The van der Waals surface area contributed by atoms with Crippen molar-refractivity contribution < 1.29 is 32.9 Å². The van der Waals surface area contributed by atoms with E-state index < -0.39 is 20.0 Å². The molecule has 1 amide bonds. The van der Waals surface area contributed by atoms with Crippen LogP contribution in [-0.4, -0.2) is 68.5 Å². The second-order valence-corrected chi connectivity index (χ2v) is 16.4. The highest BCUT2D eigenvalue weighted by atomic mass is 31.2. The maximum absolute atomic E-state index is 12.7. The fraction of sp³-hybridized carbons (Fsp3) is 0.923. The van der Waals surface area contributed by atoms with E-state index in [9.17, 15) is 19.4 Å². The van der Waals surface area contributed by atoms with Crippen LogP contribution in [0.2, 0.25) is 0 Å². The summed E-state index contributed by atoms with van der Waals surface area (Å²) in [5.41, 5.74) is 0. The summed E-state index contributed by atoms with van der Waals surface area (Å²) in [5.74, 6) is -0.200. The number of nitrogens with one attached hydrogen (secondary N) is 1. The summed E-state index contributed by atoms with van der Waals surface area (Å²) in [6.07, 6.45) is 33.9. The molecule has 0 aromatic carbocycles. The van der Waals surface area contributed by atoms with Gasteiger partial charge in [0.1, 0.15) is 13.2 Å². The first-order valence-electron chi connectivity index (χ1n) is 20.1. The fourth-order valence-corrected chi connectivity index (χ4v) is 6.46. The molecule has 1 unspecified atom stereocenters. The Kier molecular flexibility index (Phi) is 31.7. The molecule has 0 aliphatic rings. The lowest BCUT2D eigenvalue weighted by Gasteiger charge is -2.29. The highest BCUT2D eigenvalue weighted by Gasteiger charge is 2.23. The van der Waals surface area contributed by atoms with Gasteiger partial charge in [-0.05, 0) is 19.3 Å². The Morgan fingerprint density at radius 3 is 1.56 bits per heavy atom. The van der Waals surface area contributed by atoms with Crippen LogP contribution in [0, 0.1) is 0 Å². The Bertz CT molecular complexity index is 804. The molecule has 0 aromatic rings. The Morgan fingerprint density at radius 1 is 0.708 bits per heavy atom. The lowest BCUT2D eigenvalue weighted by Crippen LogP contribution is -2.45. The van der Waals surface area contributed by atoms with Gasteiger partial charge in [0.05, 0.1) is 39.9 Å². The third kappa shape index (κ3) is 33.7. The number of phosphoric acid groups is 1. The molecular formula is C39H79N2O6P. The molecule has 286 valence electrons. The summed E-state index contributed by atoms with van der Waals surface area (Å²) in [6, 6.07) is -0.877. The number of phosphoric ester groups is 1. The highest BCUT2D eigenvalue weighted by Crippen LogP contribution is 2.38. The monoisotopic (exact) mass is 703 g/mol. The van der Waals surface area contributed by atoms with Crippen LogP contribution in [0.5, 0.6) is 0 Å². The number of carbonyl (C=O) groups excluding carboxylic acids is 1. The standard InChI is InChI=1S/C39H79N2O6P/c1-6-8-10-12-14-16-18-19-20-21-22-23-24-26-28-30-32-38(42)37(36-47-48(44,45)46-35-34-41(3,4)5)40-39(43)33-31-29-27-25-17-15-13-11-9-7-2/h30,32,37-38,42H,6-29,31,33-36H2,1-5H3,(H-,40,43,44,45)/b32-30+/t37-,38+/m1/s1. The second kappa shape index (κ2) is 32.2. The molecule has 0 aliphatic heterocycles. The molecule has 2 N–H and O–H groups in total. The summed E-state index contributed by atoms with van der Waals surface area (Å²) in [7, 11) is 1.27. The molecule has 0 rings (SSSR count). The molecule has 0 fully saturated rings. The minimum Gasteiger partial charge on any atom is -0.756 e. The van der Waals surface area contributed by atoms with Crippen molar-refractivity contribution >= 4 is 13.7 Å². The molecule has 48 heavy (non-hydrogen) atoms. The van der Waals surface area contributed by atoms with Gasteiger partial charge in [0.15, 0.2) is 0 Å². The van der Waals surface area contributed by atoms with E-state index in [1.807, 2.05) is 27.2 Å². The van der Waals surface area contributed by atoms with E-state index in [-0.39, 0.29) is 19.1 Å². The van der Waals surface area contributed by atoms with Crippen molar-refractivity contribution in [2.24, 2.45) is 0 Å². The molecule has 0 saturated carbocycles.